The Morgan fingerprint density at radius 1 is 0.841 bits per heavy atom. The number of esters is 2. The van der Waals surface area contributed by atoms with Crippen LogP contribution in [0, 0.1) is 0 Å². The smallest absolute Gasteiger partial charge is 0.317 e. The van der Waals surface area contributed by atoms with Gasteiger partial charge in [-0.2, -0.15) is 0 Å². The highest BCUT2D eigenvalue weighted by molar-refractivity contribution is 5.90. The van der Waals surface area contributed by atoms with Crippen molar-refractivity contribution < 1.29 is 83.7 Å². The summed E-state index contributed by atoms with van der Waals surface area (Å²) in [5.74, 6) is -7.51. The summed E-state index contributed by atoms with van der Waals surface area (Å²) >= 11 is 0. The number of benzene rings is 2. The molecule has 2 aromatic carbocycles. The number of aliphatic hydroxyl groups excluding tert-OH is 2. The van der Waals surface area contributed by atoms with Gasteiger partial charge in [0.25, 0.3) is 11.9 Å². The minimum absolute atomic E-state index is 0.0472. The van der Waals surface area contributed by atoms with E-state index in [9.17, 15) is 49.8 Å². The molecule has 44 heavy (non-hydrogen) atoms. The van der Waals surface area contributed by atoms with E-state index in [2.05, 4.69) is 4.74 Å². The van der Waals surface area contributed by atoms with Gasteiger partial charge in [-0.3, -0.25) is 19.2 Å². The number of carboxylic acids is 2. The van der Waals surface area contributed by atoms with Crippen molar-refractivity contribution in [3.63, 3.8) is 0 Å². The fraction of sp³-hybridized carbons (Fsp3) is 0.333. The zero-order valence-electron chi connectivity index (χ0n) is 22.3. The summed E-state index contributed by atoms with van der Waals surface area (Å²) in [5.41, 5.74) is 0.250. The first-order chi connectivity index (χ1) is 20.7. The lowest BCUT2D eigenvalue weighted by molar-refractivity contribution is -0.298. The van der Waals surface area contributed by atoms with Crippen molar-refractivity contribution in [1.29, 1.82) is 0 Å². The highest BCUT2D eigenvalue weighted by Crippen LogP contribution is 2.46. The highest BCUT2D eigenvalue weighted by Gasteiger charge is 2.50. The molecule has 0 aromatic heterocycles. The standard InChI is InChI=1S/C27H26O17/c28-11-4-14(30)12-6-17(25(41-16(12)5-11)10-1-2-13(29)15(31)3-10)42-27-24(39)26(44-22(37)8-20(34)35)23(38)18(43-27)9-40-21(36)7-19(32)33/h1-6,18,23-31,38-39H,7-9H2,(H,32,33)(H,34,35)/p+1/t18-,23-,24-,25?,26+,27-/m1/s1. The summed E-state index contributed by atoms with van der Waals surface area (Å²) in [4.78, 5) is 45.7. The molecule has 17 heteroatoms. The van der Waals surface area contributed by atoms with Crippen LogP contribution in [0.15, 0.2) is 36.1 Å². The molecular formula is C27H27O17+. The van der Waals surface area contributed by atoms with Crippen molar-refractivity contribution >= 4 is 30.0 Å². The van der Waals surface area contributed by atoms with E-state index in [1.54, 1.807) is 0 Å². The molecule has 6 atom stereocenters. The molecule has 236 valence electrons. The average molecular weight is 623 g/mol. The molecule has 0 spiro atoms. The summed E-state index contributed by atoms with van der Waals surface area (Å²) in [7, 11) is 0. The predicted octanol–water partition coefficient (Wildman–Crippen LogP) is -0.286. The topological polar surface area (TPSA) is 280 Å². The molecule has 0 aliphatic carbocycles. The van der Waals surface area contributed by atoms with Crippen molar-refractivity contribution in [2.24, 2.45) is 0 Å². The highest BCUT2D eigenvalue weighted by atomic mass is 16.7. The number of carbonyl (C=O) groups excluding carboxylic acids is 2. The van der Waals surface area contributed by atoms with E-state index < -0.39 is 97.4 Å². The number of phenols is 4. The van der Waals surface area contributed by atoms with Crippen LogP contribution >= 0.6 is 0 Å². The van der Waals surface area contributed by atoms with Crippen LogP contribution in [0.3, 0.4) is 0 Å². The second kappa shape index (κ2) is 12.9. The zero-order valence-corrected chi connectivity index (χ0v) is 22.3. The Hall–Kier alpha value is -5.26. The van der Waals surface area contributed by atoms with Gasteiger partial charge in [0, 0.05) is 12.1 Å². The molecule has 2 aliphatic heterocycles. The maximum absolute atomic E-state index is 12.1. The third kappa shape index (κ3) is 7.20. The summed E-state index contributed by atoms with van der Waals surface area (Å²) in [6.45, 7) is -0.811. The Morgan fingerprint density at radius 2 is 1.52 bits per heavy atom. The van der Waals surface area contributed by atoms with E-state index in [1.807, 2.05) is 0 Å². The third-order valence-electron chi connectivity index (χ3n) is 6.42. The van der Waals surface area contributed by atoms with Crippen molar-refractivity contribution in [2.45, 2.75) is 49.7 Å². The molecule has 4 rings (SSSR count). The molecule has 1 saturated heterocycles. The van der Waals surface area contributed by atoms with Crippen LogP contribution in [0.25, 0.3) is 6.08 Å². The molecule has 0 amide bonds. The maximum Gasteiger partial charge on any atom is 0.317 e. The number of aromatic hydroxyl groups is 5. The van der Waals surface area contributed by atoms with Crippen molar-refractivity contribution in [1.82, 2.24) is 0 Å². The minimum Gasteiger partial charge on any atom is -0.571 e. The van der Waals surface area contributed by atoms with Gasteiger partial charge in [-0.05, 0) is 18.2 Å². The number of ether oxygens (including phenoxy) is 5. The molecule has 2 heterocycles. The third-order valence-corrected chi connectivity index (χ3v) is 6.42. The normalized spacial score (nSPS) is 24.2. The maximum atomic E-state index is 12.1. The van der Waals surface area contributed by atoms with Crippen LogP contribution in [0.4, 0.5) is 0 Å². The first kappa shape index (κ1) is 31.7. The number of hydrogen-bond donors (Lipinski definition) is 8. The molecule has 1 unspecified atom stereocenters. The first-order valence-corrected chi connectivity index (χ1v) is 12.7. The quantitative estimate of drug-likeness (QED) is 0.0730. The molecule has 17 nitrogen and oxygen atoms in total. The summed E-state index contributed by atoms with van der Waals surface area (Å²) in [6, 6.07) is 5.87. The fourth-order valence-electron chi connectivity index (χ4n) is 4.41. The molecule has 2 aliphatic rings. The average Bonchev–Trinajstić information content (AvgIpc) is 2.92. The van der Waals surface area contributed by atoms with E-state index >= 15 is 0 Å². The summed E-state index contributed by atoms with van der Waals surface area (Å²) in [6.07, 6.45) is -11.4. The van der Waals surface area contributed by atoms with E-state index in [1.165, 1.54) is 18.2 Å². The Balaban J connectivity index is 1.69. The van der Waals surface area contributed by atoms with Gasteiger partial charge >= 0.3 is 23.9 Å². The number of carboxylic acid groups (broad SMARTS) is 2. The Morgan fingerprint density at radius 3 is 2.18 bits per heavy atom. The van der Waals surface area contributed by atoms with Crippen molar-refractivity contribution in [3.05, 3.63) is 47.2 Å². The second-order valence-electron chi connectivity index (χ2n) is 9.64. The minimum atomic E-state index is -2.02. The number of hydrogen-bond acceptors (Lipinski definition) is 14. The lowest BCUT2D eigenvalue weighted by atomic mass is 9.98. The number of aliphatic carboxylic acids is 2. The SMILES string of the molecule is O=C(O)CC(=O)OC[C@H]1O[C@@H](OC2=Cc3c(O)cc(O)cc3[OH+]C2c2ccc(O)c(O)c2)[C@H](O)[C@@H](OC(=O)CC(=O)O)[C@@H]1O. The largest absolute Gasteiger partial charge is 0.571 e. The monoisotopic (exact) mass is 623 g/mol. The number of rotatable bonds is 10. The van der Waals surface area contributed by atoms with Crippen LogP contribution in [0.2, 0.25) is 0 Å². The lowest BCUT2D eigenvalue weighted by Gasteiger charge is -2.42. The van der Waals surface area contributed by atoms with Gasteiger partial charge in [-0.1, -0.05) is 0 Å². The van der Waals surface area contributed by atoms with Gasteiger partial charge in [-0.15, -0.1) is 0 Å². The predicted molar refractivity (Wildman–Crippen MR) is 139 cm³/mol. The Labute approximate surface area is 246 Å². The van der Waals surface area contributed by atoms with Crippen molar-refractivity contribution in [3.8, 4) is 28.7 Å². The van der Waals surface area contributed by atoms with Crippen LogP contribution < -0.4 is 0 Å². The molecular weight excluding hydrogens is 596 g/mol. The zero-order chi connectivity index (χ0) is 32.3. The second-order valence-corrected chi connectivity index (χ2v) is 9.64. The summed E-state index contributed by atoms with van der Waals surface area (Å²) in [5, 5.41) is 79.7. The van der Waals surface area contributed by atoms with Gasteiger partial charge in [0.15, 0.2) is 29.5 Å². The Bertz CT molecular complexity index is 1480. The molecule has 1 fully saturated rings. The van der Waals surface area contributed by atoms with Gasteiger partial charge in [0.2, 0.25) is 6.29 Å². The van der Waals surface area contributed by atoms with Gasteiger partial charge in [0.05, 0.1) is 11.6 Å². The van der Waals surface area contributed by atoms with Crippen LogP contribution in [0.5, 0.6) is 28.7 Å². The van der Waals surface area contributed by atoms with E-state index in [-0.39, 0.29) is 28.4 Å². The molecule has 9 N–H and O–H groups in total. The van der Waals surface area contributed by atoms with Gasteiger partial charge < -0.3 is 64.5 Å². The van der Waals surface area contributed by atoms with E-state index in [4.69, 9.17) is 29.2 Å². The molecule has 0 radical (unpaired) electrons. The number of fused-ring (bicyclic) bond motifs is 1. The van der Waals surface area contributed by atoms with Crippen molar-refractivity contribution in [2.75, 3.05) is 6.61 Å². The molecule has 2 aromatic rings. The molecule has 0 bridgehead atoms. The van der Waals surface area contributed by atoms with Gasteiger partial charge in [-0.25, -0.2) is 0 Å². The van der Waals surface area contributed by atoms with Crippen LogP contribution in [-0.2, 0) is 38.1 Å². The first-order valence-electron chi connectivity index (χ1n) is 12.7. The van der Waals surface area contributed by atoms with Crippen LogP contribution in [0.1, 0.15) is 30.1 Å². The lowest BCUT2D eigenvalue weighted by Crippen LogP contribution is -2.60. The summed E-state index contributed by atoms with van der Waals surface area (Å²) < 4.78 is 25.7. The van der Waals surface area contributed by atoms with Gasteiger partial charge in [0.1, 0.15) is 48.7 Å². The van der Waals surface area contributed by atoms with E-state index in [0.717, 1.165) is 18.2 Å². The number of phenolic OH excluding ortho intramolecular Hbond substituents is 4. The van der Waals surface area contributed by atoms with Crippen LogP contribution in [-0.4, -0.2) is 107 Å². The Kier molecular flexibility index (Phi) is 9.32. The number of aliphatic hydroxyl groups is 3. The number of carbonyl (C=O) groups is 4. The fourth-order valence-corrected chi connectivity index (χ4v) is 4.41. The van der Waals surface area contributed by atoms with E-state index in [0.29, 0.717) is 0 Å². The molecule has 0 saturated carbocycles.